The lowest BCUT2D eigenvalue weighted by Gasteiger charge is -2.03. The number of nitrogens with zero attached hydrogens (tertiary/aromatic N) is 12. The van der Waals surface area contributed by atoms with Crippen LogP contribution in [-0.2, 0) is 0 Å². The van der Waals surface area contributed by atoms with E-state index in [1.807, 2.05) is 77.2 Å². The van der Waals surface area contributed by atoms with Gasteiger partial charge in [0.1, 0.15) is 0 Å². The van der Waals surface area contributed by atoms with Gasteiger partial charge in [-0.25, -0.2) is 23.4 Å². The number of hydrogen-bond acceptors (Lipinski definition) is 7. The van der Waals surface area contributed by atoms with Crippen LogP contribution in [0.1, 0.15) is 62.6 Å². The molecule has 8 bridgehead atoms. The fourth-order valence-electron chi connectivity index (χ4n) is 7.14. The molecule has 0 atom stereocenters. The molecule has 240 valence electrons. The quantitative estimate of drug-likeness (QED) is 0.209. The molecule has 0 aromatic heterocycles. The summed E-state index contributed by atoms with van der Waals surface area (Å²) in [4.78, 5) is 33.3. The summed E-state index contributed by atoms with van der Waals surface area (Å²) in [6.07, 6.45) is 0. The zero-order chi connectivity index (χ0) is 35.8. The number of aliphatic imine (C=N–C) groups is 5. The normalized spacial score (nSPS) is 15.9. The van der Waals surface area contributed by atoms with Gasteiger partial charge in [0.15, 0.2) is 11.4 Å². The molecule has 4 aromatic rings. The first-order valence-electron chi connectivity index (χ1n) is 16.3. The van der Waals surface area contributed by atoms with E-state index in [-0.39, 0.29) is 0 Å². The van der Waals surface area contributed by atoms with E-state index in [2.05, 4.69) is 21.8 Å². The van der Waals surface area contributed by atoms with Crippen LogP contribution in [0, 0.1) is 35.8 Å². The van der Waals surface area contributed by atoms with E-state index < -0.39 is 0 Å². The number of hydrogen-bond donors (Lipinski definition) is 0. The van der Waals surface area contributed by atoms with E-state index in [1.54, 1.807) is 30.3 Å². The number of nitriles is 2. The van der Waals surface area contributed by atoms with Crippen molar-refractivity contribution in [1.29, 1.82) is 10.5 Å². The Morgan fingerprint density at radius 3 is 1.60 bits per heavy atom. The van der Waals surface area contributed by atoms with Gasteiger partial charge >= 0.3 is 0 Å². The molecule has 52 heavy (non-hydrogen) atoms. The molecule has 5 aliphatic rings. The fraction of sp³-hybridized carbons (Fsp3) is 0.100. The molecule has 0 spiro atoms. The van der Waals surface area contributed by atoms with Gasteiger partial charge < -0.3 is 0 Å². The first-order valence-corrected chi connectivity index (χ1v) is 16.3. The highest BCUT2D eigenvalue weighted by Crippen LogP contribution is 2.32. The Labute approximate surface area is 297 Å². The third kappa shape index (κ3) is 4.23. The molecule has 0 unspecified atom stereocenters. The van der Waals surface area contributed by atoms with Crippen molar-refractivity contribution in [3.63, 3.8) is 0 Å². The predicted molar refractivity (Wildman–Crippen MR) is 196 cm³/mol. The molecular formula is C40H23N12+3. The van der Waals surface area contributed by atoms with Gasteiger partial charge in [0.2, 0.25) is 11.7 Å². The van der Waals surface area contributed by atoms with Crippen LogP contribution in [0.5, 0.6) is 0 Å². The van der Waals surface area contributed by atoms with Crippen molar-refractivity contribution in [2.75, 3.05) is 20.6 Å². The molecule has 0 fully saturated rings. The lowest BCUT2D eigenvalue weighted by Crippen LogP contribution is -2.25. The molecule has 5 heterocycles. The zero-order valence-electron chi connectivity index (χ0n) is 28.0. The van der Waals surface area contributed by atoms with Crippen LogP contribution in [0.2, 0.25) is 0 Å². The molecule has 5 aliphatic heterocycles. The van der Waals surface area contributed by atoms with E-state index in [1.165, 1.54) is 0 Å². The molecular weight excluding hydrogens is 649 g/mol. The van der Waals surface area contributed by atoms with Crippen molar-refractivity contribution in [1.82, 2.24) is 0 Å². The van der Waals surface area contributed by atoms with Crippen molar-refractivity contribution >= 4 is 58.1 Å². The lowest BCUT2D eigenvalue weighted by atomic mass is 10.0. The van der Waals surface area contributed by atoms with Crippen LogP contribution >= 0.6 is 0 Å². The van der Waals surface area contributed by atoms with Gasteiger partial charge in [-0.05, 0) is 55.5 Å². The van der Waals surface area contributed by atoms with Gasteiger partial charge in [-0.1, -0.05) is 44.2 Å². The van der Waals surface area contributed by atoms with E-state index in [0.717, 1.165) is 33.4 Å². The summed E-state index contributed by atoms with van der Waals surface area (Å²) in [6.45, 7) is 18.0. The minimum absolute atomic E-state index is 0.376. The van der Waals surface area contributed by atoms with Gasteiger partial charge in [0.25, 0.3) is 35.0 Å². The Kier molecular flexibility index (Phi) is 6.47. The topological polar surface area (TPSA) is 127 Å². The fourth-order valence-corrected chi connectivity index (χ4v) is 7.14. The Bertz CT molecular complexity index is 2880. The van der Waals surface area contributed by atoms with Crippen LogP contribution in [0.4, 0.5) is 11.4 Å². The molecule has 12 heteroatoms. The Balaban J connectivity index is 1.44. The largest absolute Gasteiger partial charge is 0.275 e. The van der Waals surface area contributed by atoms with Crippen LogP contribution in [-0.4, -0.2) is 81.1 Å². The highest BCUT2D eigenvalue weighted by molar-refractivity contribution is 6.30. The van der Waals surface area contributed by atoms with Gasteiger partial charge in [-0.2, -0.15) is 15.5 Å². The van der Waals surface area contributed by atoms with Crippen molar-refractivity contribution in [2.45, 2.75) is 6.92 Å². The molecule has 0 saturated carbocycles. The molecule has 0 amide bonds. The maximum atomic E-state index is 9.89. The first-order chi connectivity index (χ1) is 25.3. The molecule has 0 aliphatic carbocycles. The summed E-state index contributed by atoms with van der Waals surface area (Å²) in [5.41, 5.74) is 7.76. The highest BCUT2D eigenvalue weighted by Gasteiger charge is 2.42. The lowest BCUT2D eigenvalue weighted by molar-refractivity contribution is -0.400. The van der Waals surface area contributed by atoms with Crippen molar-refractivity contribution in [3.05, 3.63) is 151 Å². The average molecular weight is 672 g/mol. The maximum absolute atomic E-state index is 9.89. The van der Waals surface area contributed by atoms with Crippen LogP contribution in [0.25, 0.3) is 9.69 Å². The van der Waals surface area contributed by atoms with Crippen molar-refractivity contribution < 1.29 is 13.7 Å². The molecule has 4 aromatic carbocycles. The van der Waals surface area contributed by atoms with E-state index in [0.29, 0.717) is 86.9 Å². The molecule has 0 saturated heterocycles. The minimum Gasteiger partial charge on any atom is -0.238 e. The van der Waals surface area contributed by atoms with E-state index in [4.69, 9.17) is 38.1 Å². The zero-order valence-corrected chi connectivity index (χ0v) is 28.0. The van der Waals surface area contributed by atoms with Crippen molar-refractivity contribution in [3.8, 4) is 12.1 Å². The SMILES string of the molecule is [C-]#[N+]c1ccc2c(c1)C1=NC3=[N+](C)C(=NC4=[N+](CC)C(=NC5=NC(=NC2=[N+]1C)c1cc(C#N)ccc15)c1cc(C#N)ccc14)c1cc([N+]#[C-])ccc13. The van der Waals surface area contributed by atoms with E-state index in [9.17, 15) is 10.5 Å². The molecule has 0 N–H and O–H groups in total. The third-order valence-electron chi connectivity index (χ3n) is 9.65. The monoisotopic (exact) mass is 671 g/mol. The standard InChI is InChI=1S/C40H23N12/c1-6-52-39-28-12-8-22(20-42)16-30(28)40(52)47-33-25-11-7-21(19-41)15-29(25)34(45-33)46-35-26-13-9-23(43-2)17-31(26)37(50(35)4)48-36-27-14-10-24(44-3)18-32(27)38(49-39)51(36)5/h7-18H,6H2,1,4-5H3/q+3. The average Bonchev–Trinajstić information content (AvgIpc) is 3.84. The predicted octanol–water partition coefficient (Wildman–Crippen LogP) is 4.99. The summed E-state index contributed by atoms with van der Waals surface area (Å²) in [5, 5.41) is 19.7. The van der Waals surface area contributed by atoms with Gasteiger partial charge in [-0.3, -0.25) is 0 Å². The van der Waals surface area contributed by atoms with E-state index >= 15 is 0 Å². The maximum Gasteiger partial charge on any atom is 0.275 e. The summed E-state index contributed by atoms with van der Waals surface area (Å²) in [6, 6.07) is 26.2. The molecule has 12 nitrogen and oxygen atoms in total. The number of benzene rings is 4. The molecule has 0 radical (unpaired) electrons. The van der Waals surface area contributed by atoms with Crippen LogP contribution < -0.4 is 0 Å². The second kappa shape index (κ2) is 11.1. The Morgan fingerprint density at radius 1 is 0.538 bits per heavy atom. The Hall–Kier alpha value is -7.80. The summed E-state index contributed by atoms with van der Waals surface area (Å²) < 4.78 is 5.79. The van der Waals surface area contributed by atoms with Gasteiger partial charge in [-0.15, -0.1) is 0 Å². The number of amidine groups is 8. The Morgan fingerprint density at radius 2 is 1.02 bits per heavy atom. The van der Waals surface area contributed by atoms with Crippen LogP contribution in [0.15, 0.2) is 97.8 Å². The minimum atomic E-state index is 0.376. The number of rotatable bonds is 1. The second-order valence-electron chi connectivity index (χ2n) is 12.4. The smallest absolute Gasteiger partial charge is 0.238 e. The van der Waals surface area contributed by atoms with Gasteiger partial charge in [0, 0.05) is 5.56 Å². The first kappa shape index (κ1) is 30.3. The summed E-state index contributed by atoms with van der Waals surface area (Å²) >= 11 is 0. The molecule has 9 rings (SSSR count). The summed E-state index contributed by atoms with van der Waals surface area (Å²) in [7, 11) is 3.77. The van der Waals surface area contributed by atoms with Crippen LogP contribution in [0.3, 0.4) is 0 Å². The summed E-state index contributed by atoms with van der Waals surface area (Å²) in [5.74, 6) is 4.30. The third-order valence-corrected chi connectivity index (χ3v) is 9.65. The highest BCUT2D eigenvalue weighted by atomic mass is 15.2. The van der Waals surface area contributed by atoms with Gasteiger partial charge in [0.05, 0.1) is 96.0 Å². The number of fused-ring (bicyclic) bond motifs is 16. The second-order valence-corrected chi connectivity index (χ2v) is 12.4. The van der Waals surface area contributed by atoms with Crippen molar-refractivity contribution in [2.24, 2.45) is 25.0 Å².